The molecule has 0 aliphatic carbocycles. The van der Waals surface area contributed by atoms with Gasteiger partial charge in [-0.2, -0.15) is 5.26 Å². The van der Waals surface area contributed by atoms with Crippen molar-refractivity contribution < 1.29 is 36.7 Å². The highest BCUT2D eigenvalue weighted by Crippen LogP contribution is 2.40. The molecule has 15 nitrogen and oxygen atoms in total. The molecule has 4 heterocycles. The number of imide groups is 2. The Bertz CT molecular complexity index is 1950. The zero-order chi connectivity index (χ0) is 30.5. The van der Waals surface area contributed by atoms with E-state index in [0.717, 1.165) is 18.8 Å². The molecule has 2 aromatic heterocycles. The van der Waals surface area contributed by atoms with Crippen molar-refractivity contribution in [3.63, 3.8) is 0 Å². The fourth-order valence-electron chi connectivity index (χ4n) is 4.54. The predicted octanol–water partition coefficient (Wildman–Crippen LogP) is 2.33. The topological polar surface area (TPSA) is 205 Å². The van der Waals surface area contributed by atoms with Crippen molar-refractivity contribution in [2.75, 3.05) is 11.9 Å². The number of ether oxygens (including phenoxy) is 1. The van der Waals surface area contributed by atoms with Crippen molar-refractivity contribution in [2.24, 2.45) is 0 Å². The first-order valence-electron chi connectivity index (χ1n) is 12.3. The first-order valence-corrected chi connectivity index (χ1v) is 13.7. The fraction of sp³-hybridized carbons (Fsp3) is 0.0741. The van der Waals surface area contributed by atoms with E-state index in [-0.39, 0.29) is 15.9 Å². The van der Waals surface area contributed by atoms with Gasteiger partial charge in [-0.1, -0.05) is 12.1 Å². The van der Waals surface area contributed by atoms with Gasteiger partial charge in [0.25, 0.3) is 21.8 Å². The van der Waals surface area contributed by atoms with E-state index < -0.39 is 38.8 Å². The highest BCUT2D eigenvalue weighted by molar-refractivity contribution is 7.93. The van der Waals surface area contributed by atoms with Gasteiger partial charge in [0.2, 0.25) is 11.8 Å². The summed E-state index contributed by atoms with van der Waals surface area (Å²) < 4.78 is 37.8. The number of pyridine rings is 1. The number of barbiturate groups is 1. The van der Waals surface area contributed by atoms with E-state index in [1.54, 1.807) is 59.2 Å². The van der Waals surface area contributed by atoms with Crippen LogP contribution in [0.1, 0.15) is 5.56 Å². The van der Waals surface area contributed by atoms with E-state index in [1.807, 2.05) is 0 Å². The normalized spacial score (nSPS) is 17.0. The number of sulfonamides is 1. The molecule has 43 heavy (non-hydrogen) atoms. The van der Waals surface area contributed by atoms with Crippen molar-refractivity contribution in [3.05, 3.63) is 78.7 Å². The second-order valence-electron chi connectivity index (χ2n) is 9.18. The molecule has 214 valence electrons. The Morgan fingerprint density at radius 1 is 0.930 bits per heavy atom. The van der Waals surface area contributed by atoms with Crippen molar-refractivity contribution in [3.8, 4) is 40.4 Å². The number of oxazole rings is 1. The smallest absolute Gasteiger partial charge is 0.340 e. The van der Waals surface area contributed by atoms with Crippen LogP contribution in [0.3, 0.4) is 0 Å². The Hall–Kier alpha value is -6.08. The monoisotopic (exact) mass is 599 g/mol. The van der Waals surface area contributed by atoms with Crippen LogP contribution < -0.4 is 20.3 Å². The van der Waals surface area contributed by atoms with E-state index in [1.165, 1.54) is 18.4 Å². The molecule has 1 spiro atoms. The maximum absolute atomic E-state index is 13.1. The molecule has 0 saturated carbocycles. The number of amides is 6. The minimum atomic E-state index is -4.91. The van der Waals surface area contributed by atoms with E-state index >= 15 is 0 Å². The maximum Gasteiger partial charge on any atom is 0.340 e. The van der Waals surface area contributed by atoms with Gasteiger partial charge in [-0.3, -0.25) is 25.1 Å². The van der Waals surface area contributed by atoms with Gasteiger partial charge in [0.1, 0.15) is 17.7 Å². The molecule has 2 fully saturated rings. The molecule has 6 rings (SSSR count). The molecule has 2 saturated heterocycles. The lowest BCUT2D eigenvalue weighted by molar-refractivity contribution is -0.133. The van der Waals surface area contributed by atoms with Crippen LogP contribution in [0.5, 0.6) is 11.6 Å². The van der Waals surface area contributed by atoms with Gasteiger partial charge in [0, 0.05) is 24.2 Å². The van der Waals surface area contributed by atoms with Crippen molar-refractivity contribution in [1.82, 2.24) is 24.9 Å². The van der Waals surface area contributed by atoms with Crippen LogP contribution in [-0.2, 0) is 19.6 Å². The largest absolute Gasteiger partial charge is 0.444 e. The Kier molecular flexibility index (Phi) is 6.17. The lowest BCUT2D eigenvalue weighted by atomic mass is 10.1. The number of nitrogens with zero attached hydrogens (tertiary/aromatic N) is 5. The Balaban J connectivity index is 1.21. The maximum atomic E-state index is 13.1. The molecular weight excluding hydrogens is 582 g/mol. The molecule has 0 radical (unpaired) electrons. The minimum Gasteiger partial charge on any atom is -0.444 e. The summed E-state index contributed by atoms with van der Waals surface area (Å²) in [6.07, 6.45) is 2.55. The first kappa shape index (κ1) is 27.1. The summed E-state index contributed by atoms with van der Waals surface area (Å²) in [6.45, 7) is 0. The SMILES string of the molecule is CN1C(=O)N(c2ccc(Oc3ccc(-c4nc(-c5ccc(C#N)cc5)co4)cc3)nc2)C2(C(=O)NC(=O)NC2=O)S1(=O)=O. The lowest BCUT2D eigenvalue weighted by Crippen LogP contribution is -2.74. The number of carbonyl (C=O) groups excluding carboxylic acids is 4. The van der Waals surface area contributed by atoms with Crippen LogP contribution >= 0.6 is 0 Å². The van der Waals surface area contributed by atoms with Crippen LogP contribution in [0.25, 0.3) is 22.7 Å². The van der Waals surface area contributed by atoms with Crippen LogP contribution in [0, 0.1) is 11.3 Å². The molecule has 0 unspecified atom stereocenters. The number of carbonyl (C=O) groups is 4. The summed E-state index contributed by atoms with van der Waals surface area (Å²) in [5.74, 6) is -2.25. The van der Waals surface area contributed by atoms with Crippen molar-refractivity contribution in [2.45, 2.75) is 4.87 Å². The average molecular weight is 600 g/mol. The molecule has 2 aromatic carbocycles. The fourth-order valence-corrected chi connectivity index (χ4v) is 6.21. The van der Waals surface area contributed by atoms with Gasteiger partial charge in [0.05, 0.1) is 23.5 Å². The number of anilines is 1. The highest BCUT2D eigenvalue weighted by Gasteiger charge is 2.73. The van der Waals surface area contributed by atoms with Gasteiger partial charge in [0.15, 0.2) is 0 Å². The minimum absolute atomic E-state index is 0.0420. The Morgan fingerprint density at radius 3 is 2.19 bits per heavy atom. The summed E-state index contributed by atoms with van der Waals surface area (Å²) in [5, 5.41) is 12.4. The summed E-state index contributed by atoms with van der Waals surface area (Å²) in [4.78, 5) is 56.1. The summed E-state index contributed by atoms with van der Waals surface area (Å²) in [6, 6.07) is 15.7. The summed E-state index contributed by atoms with van der Waals surface area (Å²) >= 11 is 0. The summed E-state index contributed by atoms with van der Waals surface area (Å²) in [5.41, 5.74) is 2.34. The molecule has 2 aliphatic rings. The van der Waals surface area contributed by atoms with Crippen molar-refractivity contribution in [1.29, 1.82) is 5.26 Å². The molecule has 2 aliphatic heterocycles. The number of hydrogen-bond acceptors (Lipinski definition) is 11. The predicted molar refractivity (Wildman–Crippen MR) is 145 cm³/mol. The number of rotatable bonds is 5. The third-order valence-electron chi connectivity index (χ3n) is 6.70. The van der Waals surface area contributed by atoms with E-state index in [2.05, 4.69) is 16.0 Å². The highest BCUT2D eigenvalue weighted by atomic mass is 32.2. The van der Waals surface area contributed by atoms with Gasteiger partial charge < -0.3 is 9.15 Å². The lowest BCUT2D eigenvalue weighted by Gasteiger charge is -2.34. The molecule has 16 heteroatoms. The quantitative estimate of drug-likeness (QED) is 0.318. The average Bonchev–Trinajstić information content (AvgIpc) is 3.54. The molecule has 2 N–H and O–H groups in total. The molecule has 0 atom stereocenters. The number of urea groups is 2. The molecule has 6 amide bonds. The van der Waals surface area contributed by atoms with Crippen LogP contribution in [0.4, 0.5) is 15.3 Å². The third-order valence-corrected chi connectivity index (χ3v) is 8.87. The van der Waals surface area contributed by atoms with Crippen LogP contribution in [-0.4, -0.2) is 58.5 Å². The summed E-state index contributed by atoms with van der Waals surface area (Å²) in [7, 11) is -4.02. The number of hydrogen-bond donors (Lipinski definition) is 2. The second-order valence-corrected chi connectivity index (χ2v) is 11.3. The van der Waals surface area contributed by atoms with Crippen molar-refractivity contribution >= 4 is 39.6 Å². The Morgan fingerprint density at radius 2 is 1.58 bits per heavy atom. The van der Waals surface area contributed by atoms with E-state index in [0.29, 0.717) is 33.4 Å². The first-order chi connectivity index (χ1) is 20.6. The zero-order valence-electron chi connectivity index (χ0n) is 21.8. The van der Waals surface area contributed by atoms with Gasteiger partial charge >= 0.3 is 16.9 Å². The molecule has 0 bridgehead atoms. The van der Waals surface area contributed by atoms with E-state index in [4.69, 9.17) is 14.4 Å². The third kappa shape index (κ3) is 4.14. The van der Waals surface area contributed by atoms with Crippen LogP contribution in [0.2, 0.25) is 0 Å². The van der Waals surface area contributed by atoms with E-state index in [9.17, 15) is 27.6 Å². The van der Waals surface area contributed by atoms with Gasteiger partial charge in [-0.25, -0.2) is 32.3 Å². The van der Waals surface area contributed by atoms with Crippen LogP contribution in [0.15, 0.2) is 77.5 Å². The number of nitrogens with one attached hydrogen (secondary N) is 2. The number of benzene rings is 2. The molecular formula is C27H17N7O8S. The zero-order valence-corrected chi connectivity index (χ0v) is 22.7. The number of nitriles is 1. The number of aromatic nitrogens is 2. The standard InChI is InChI=1S/C27H17N7O8S/c1-33-26(38)34(27(43(33,39)40)23(35)31-25(37)32-24(27)36)18-8-11-21(29-13-18)42-19-9-6-17(7-10-19)22-30-20(14-41-22)16-4-2-15(12-28)3-5-16/h2-11,13-14H,1H3,(H2,31,32,35,36,37). The Labute approximate surface area is 242 Å². The van der Waals surface area contributed by atoms with Gasteiger partial charge in [-0.05, 0) is 42.5 Å². The van der Waals surface area contributed by atoms with Gasteiger partial charge in [-0.15, -0.1) is 0 Å². The second kappa shape index (κ2) is 9.78. The molecule has 4 aromatic rings.